The van der Waals surface area contributed by atoms with Gasteiger partial charge in [-0.05, 0) is 36.4 Å². The summed E-state index contributed by atoms with van der Waals surface area (Å²) in [6, 6.07) is 12.4. The summed E-state index contributed by atoms with van der Waals surface area (Å²) in [4.78, 5) is 32.9. The van der Waals surface area contributed by atoms with Gasteiger partial charge < -0.3 is 19.9 Å². The van der Waals surface area contributed by atoms with E-state index in [-0.39, 0.29) is 23.2 Å². The average Bonchev–Trinajstić information content (AvgIpc) is 2.68. The van der Waals surface area contributed by atoms with E-state index < -0.39 is 0 Å². The SMILES string of the molecule is CN(C)c1ccc(NC(=O)c2cccc(C(=O)N3CCOCC3)n2)cc1. The highest BCUT2D eigenvalue weighted by Gasteiger charge is 2.20. The van der Waals surface area contributed by atoms with Gasteiger partial charge in [-0.2, -0.15) is 0 Å². The van der Waals surface area contributed by atoms with Crippen molar-refractivity contribution >= 4 is 23.2 Å². The molecule has 0 atom stereocenters. The van der Waals surface area contributed by atoms with Gasteiger partial charge in [-0.15, -0.1) is 0 Å². The van der Waals surface area contributed by atoms with Crippen molar-refractivity contribution in [3.8, 4) is 0 Å². The van der Waals surface area contributed by atoms with Crippen molar-refractivity contribution < 1.29 is 14.3 Å². The van der Waals surface area contributed by atoms with Crippen LogP contribution in [0.5, 0.6) is 0 Å². The molecule has 0 spiro atoms. The zero-order valence-corrected chi connectivity index (χ0v) is 14.9. The molecule has 0 saturated carbocycles. The molecule has 136 valence electrons. The van der Waals surface area contributed by atoms with E-state index in [1.807, 2.05) is 43.3 Å². The Hall–Kier alpha value is -2.93. The molecule has 1 aromatic heterocycles. The molecule has 0 aliphatic carbocycles. The van der Waals surface area contributed by atoms with Gasteiger partial charge in [0.1, 0.15) is 11.4 Å². The first-order valence-corrected chi connectivity index (χ1v) is 8.47. The topological polar surface area (TPSA) is 74.8 Å². The number of amides is 2. The molecule has 0 radical (unpaired) electrons. The Kier molecular flexibility index (Phi) is 5.48. The normalized spacial score (nSPS) is 14.0. The van der Waals surface area contributed by atoms with E-state index >= 15 is 0 Å². The minimum atomic E-state index is -0.348. The molecule has 1 aliphatic rings. The fraction of sp³-hybridized carbons (Fsp3) is 0.316. The lowest BCUT2D eigenvalue weighted by Gasteiger charge is -2.26. The van der Waals surface area contributed by atoms with E-state index in [1.165, 1.54) is 0 Å². The van der Waals surface area contributed by atoms with Crippen LogP contribution in [0.4, 0.5) is 11.4 Å². The van der Waals surface area contributed by atoms with Crippen molar-refractivity contribution in [2.24, 2.45) is 0 Å². The molecule has 3 rings (SSSR count). The number of pyridine rings is 1. The van der Waals surface area contributed by atoms with Crippen LogP contribution in [0.1, 0.15) is 21.0 Å². The Morgan fingerprint density at radius 2 is 1.69 bits per heavy atom. The first-order chi connectivity index (χ1) is 12.5. The lowest BCUT2D eigenvalue weighted by molar-refractivity contribution is 0.0299. The minimum Gasteiger partial charge on any atom is -0.378 e. The number of benzene rings is 1. The summed E-state index contributed by atoms with van der Waals surface area (Å²) in [5.74, 6) is -0.530. The molecular formula is C19H22N4O3. The van der Waals surface area contributed by atoms with Crippen LogP contribution in [0.3, 0.4) is 0 Å². The highest BCUT2D eigenvalue weighted by atomic mass is 16.5. The van der Waals surface area contributed by atoms with Gasteiger partial charge in [-0.3, -0.25) is 9.59 Å². The van der Waals surface area contributed by atoms with Crippen LogP contribution in [0.15, 0.2) is 42.5 Å². The standard InChI is InChI=1S/C19H22N4O3/c1-22(2)15-8-6-14(7-9-15)20-18(24)16-4-3-5-17(21-16)19(25)23-10-12-26-13-11-23/h3-9H,10-13H2,1-2H3,(H,20,24). The van der Waals surface area contributed by atoms with Crippen LogP contribution >= 0.6 is 0 Å². The number of morpholine rings is 1. The quantitative estimate of drug-likeness (QED) is 0.907. The molecule has 1 fully saturated rings. The number of carbonyl (C=O) groups is 2. The van der Waals surface area contributed by atoms with Crippen LogP contribution < -0.4 is 10.2 Å². The maximum absolute atomic E-state index is 12.5. The number of hydrogen-bond donors (Lipinski definition) is 1. The van der Waals surface area contributed by atoms with Crippen LogP contribution in [-0.2, 0) is 4.74 Å². The van der Waals surface area contributed by atoms with E-state index in [2.05, 4.69) is 10.3 Å². The lowest BCUT2D eigenvalue weighted by Crippen LogP contribution is -2.41. The number of hydrogen-bond acceptors (Lipinski definition) is 5. The molecule has 2 amide bonds. The smallest absolute Gasteiger partial charge is 0.274 e. The zero-order valence-electron chi connectivity index (χ0n) is 14.9. The Labute approximate surface area is 152 Å². The van der Waals surface area contributed by atoms with Crippen LogP contribution in [-0.4, -0.2) is 62.1 Å². The van der Waals surface area contributed by atoms with Gasteiger partial charge >= 0.3 is 0 Å². The van der Waals surface area contributed by atoms with Gasteiger partial charge in [0.25, 0.3) is 11.8 Å². The Morgan fingerprint density at radius 3 is 2.35 bits per heavy atom. The summed E-state index contributed by atoms with van der Waals surface area (Å²) in [5.41, 5.74) is 2.19. The maximum atomic E-state index is 12.5. The fourth-order valence-electron chi connectivity index (χ4n) is 2.65. The van der Waals surface area contributed by atoms with Crippen molar-refractivity contribution in [2.75, 3.05) is 50.6 Å². The number of ether oxygens (including phenoxy) is 1. The number of carbonyl (C=O) groups excluding carboxylic acids is 2. The average molecular weight is 354 g/mol. The maximum Gasteiger partial charge on any atom is 0.274 e. The zero-order chi connectivity index (χ0) is 18.5. The van der Waals surface area contributed by atoms with Crippen molar-refractivity contribution in [3.05, 3.63) is 53.9 Å². The fourth-order valence-corrected chi connectivity index (χ4v) is 2.65. The number of rotatable bonds is 4. The largest absolute Gasteiger partial charge is 0.378 e. The summed E-state index contributed by atoms with van der Waals surface area (Å²) < 4.78 is 5.26. The number of nitrogens with zero attached hydrogens (tertiary/aromatic N) is 3. The summed E-state index contributed by atoms with van der Waals surface area (Å²) in [7, 11) is 3.91. The molecule has 1 aliphatic heterocycles. The van der Waals surface area contributed by atoms with E-state index in [0.29, 0.717) is 32.0 Å². The highest BCUT2D eigenvalue weighted by Crippen LogP contribution is 2.16. The molecule has 1 N–H and O–H groups in total. The molecule has 1 aromatic carbocycles. The van der Waals surface area contributed by atoms with Gasteiger partial charge in [-0.1, -0.05) is 6.07 Å². The van der Waals surface area contributed by atoms with Crippen molar-refractivity contribution in [3.63, 3.8) is 0 Å². The molecule has 0 bridgehead atoms. The summed E-state index contributed by atoms with van der Waals surface area (Å²) in [5, 5.41) is 2.81. The Balaban J connectivity index is 1.70. The molecule has 0 unspecified atom stereocenters. The van der Waals surface area contributed by atoms with Crippen LogP contribution in [0.25, 0.3) is 0 Å². The molecular weight excluding hydrogens is 332 g/mol. The summed E-state index contributed by atoms with van der Waals surface area (Å²) in [6.07, 6.45) is 0. The van der Waals surface area contributed by atoms with Gasteiger partial charge in [0.15, 0.2) is 0 Å². The van der Waals surface area contributed by atoms with E-state index in [4.69, 9.17) is 4.74 Å². The molecule has 2 heterocycles. The first-order valence-electron chi connectivity index (χ1n) is 8.47. The van der Waals surface area contributed by atoms with Crippen molar-refractivity contribution in [1.82, 2.24) is 9.88 Å². The highest BCUT2D eigenvalue weighted by molar-refractivity contribution is 6.03. The van der Waals surface area contributed by atoms with Crippen LogP contribution in [0.2, 0.25) is 0 Å². The number of aromatic nitrogens is 1. The van der Waals surface area contributed by atoms with E-state index in [9.17, 15) is 9.59 Å². The number of anilines is 2. The minimum absolute atomic E-state index is 0.182. The molecule has 1 saturated heterocycles. The van der Waals surface area contributed by atoms with Crippen molar-refractivity contribution in [2.45, 2.75) is 0 Å². The van der Waals surface area contributed by atoms with Crippen LogP contribution in [0, 0.1) is 0 Å². The third kappa shape index (κ3) is 4.18. The van der Waals surface area contributed by atoms with Gasteiger partial charge in [0.2, 0.25) is 0 Å². The van der Waals surface area contributed by atoms with E-state index in [1.54, 1.807) is 23.1 Å². The third-order valence-corrected chi connectivity index (χ3v) is 4.14. The molecule has 7 nitrogen and oxygen atoms in total. The third-order valence-electron chi connectivity index (χ3n) is 4.14. The molecule has 2 aromatic rings. The Bertz CT molecular complexity index is 784. The van der Waals surface area contributed by atoms with Crippen molar-refractivity contribution in [1.29, 1.82) is 0 Å². The Morgan fingerprint density at radius 1 is 1.04 bits per heavy atom. The number of nitrogens with one attached hydrogen (secondary N) is 1. The summed E-state index contributed by atoms with van der Waals surface area (Å²) in [6.45, 7) is 2.12. The molecule has 7 heteroatoms. The molecule has 26 heavy (non-hydrogen) atoms. The summed E-state index contributed by atoms with van der Waals surface area (Å²) >= 11 is 0. The van der Waals surface area contributed by atoms with Gasteiger partial charge in [-0.25, -0.2) is 4.98 Å². The lowest BCUT2D eigenvalue weighted by atomic mass is 10.2. The van der Waals surface area contributed by atoms with E-state index in [0.717, 1.165) is 5.69 Å². The second-order valence-electron chi connectivity index (χ2n) is 6.21. The predicted octanol–water partition coefficient (Wildman–Crippen LogP) is 1.87. The van der Waals surface area contributed by atoms with Gasteiger partial charge in [0, 0.05) is 38.6 Å². The first kappa shape index (κ1) is 17.9. The monoisotopic (exact) mass is 354 g/mol. The second kappa shape index (κ2) is 7.97. The predicted molar refractivity (Wildman–Crippen MR) is 99.7 cm³/mol. The second-order valence-corrected chi connectivity index (χ2v) is 6.21. The van der Waals surface area contributed by atoms with Gasteiger partial charge in [0.05, 0.1) is 13.2 Å².